The third kappa shape index (κ3) is 4.20. The van der Waals surface area contributed by atoms with Crippen molar-refractivity contribution >= 4 is 18.3 Å². The smallest absolute Gasteiger partial charge is 0.274 e. The molecule has 23 heavy (non-hydrogen) atoms. The first-order valence-corrected chi connectivity index (χ1v) is 6.97. The van der Waals surface area contributed by atoms with E-state index >= 15 is 0 Å². The molecule has 7 nitrogen and oxygen atoms in total. The van der Waals surface area contributed by atoms with E-state index in [4.69, 9.17) is 10.5 Å². The lowest BCUT2D eigenvalue weighted by Gasteiger charge is -2.23. The van der Waals surface area contributed by atoms with Crippen molar-refractivity contribution in [1.82, 2.24) is 20.3 Å². The molecule has 2 aromatic rings. The summed E-state index contributed by atoms with van der Waals surface area (Å²) in [6.45, 7) is 5.85. The van der Waals surface area contributed by atoms with Gasteiger partial charge in [-0.15, -0.1) is 17.5 Å². The van der Waals surface area contributed by atoms with E-state index in [9.17, 15) is 4.79 Å². The number of ether oxygens (including phenoxy) is 1. The summed E-state index contributed by atoms with van der Waals surface area (Å²) < 4.78 is 6.74. The zero-order chi connectivity index (χ0) is 16.3. The highest BCUT2D eigenvalue weighted by Gasteiger charge is 2.23. The van der Waals surface area contributed by atoms with Crippen LogP contribution in [0.4, 0.5) is 0 Å². The van der Waals surface area contributed by atoms with Gasteiger partial charge in [0.25, 0.3) is 5.91 Å². The molecule has 1 heterocycles. The molecule has 0 fully saturated rings. The highest BCUT2D eigenvalue weighted by molar-refractivity contribution is 5.93. The average molecular weight is 340 g/mol. The first kappa shape index (κ1) is 18.9. The number of methoxy groups -OCH3 is 1. The van der Waals surface area contributed by atoms with E-state index < -0.39 is 5.54 Å². The standard InChI is InChI=1S/C15H21N5O2.ClH/c1-10-13(14(21)17-15(2,3)9-16)18-19-20(10)11-5-7-12(22-4)8-6-11;/h5-8H,9,16H2,1-4H3,(H,17,21);1H. The third-order valence-corrected chi connectivity index (χ3v) is 3.39. The molecule has 0 aliphatic carbocycles. The van der Waals surface area contributed by atoms with Crippen LogP contribution >= 0.6 is 12.4 Å². The Morgan fingerprint density at radius 2 is 1.96 bits per heavy atom. The SMILES string of the molecule is COc1ccc(-n2nnc(C(=O)NC(C)(C)CN)c2C)cc1.Cl. The van der Waals surface area contributed by atoms with Crippen molar-refractivity contribution in [2.75, 3.05) is 13.7 Å². The number of aromatic nitrogens is 3. The highest BCUT2D eigenvalue weighted by atomic mass is 35.5. The molecule has 1 aromatic heterocycles. The summed E-state index contributed by atoms with van der Waals surface area (Å²) in [6.07, 6.45) is 0. The predicted molar refractivity (Wildman–Crippen MR) is 90.5 cm³/mol. The van der Waals surface area contributed by atoms with Gasteiger partial charge < -0.3 is 15.8 Å². The lowest BCUT2D eigenvalue weighted by atomic mass is 10.1. The number of rotatable bonds is 5. The van der Waals surface area contributed by atoms with Crippen LogP contribution in [0, 0.1) is 6.92 Å². The molecule has 0 atom stereocenters. The van der Waals surface area contributed by atoms with Gasteiger partial charge in [-0.3, -0.25) is 4.79 Å². The highest BCUT2D eigenvalue weighted by Crippen LogP contribution is 2.17. The Labute approximate surface area is 141 Å². The van der Waals surface area contributed by atoms with Crippen LogP contribution in [0.3, 0.4) is 0 Å². The molecule has 1 amide bonds. The quantitative estimate of drug-likeness (QED) is 0.860. The molecule has 8 heteroatoms. The van der Waals surface area contributed by atoms with Crippen LogP contribution in [-0.4, -0.2) is 40.1 Å². The van der Waals surface area contributed by atoms with Gasteiger partial charge in [-0.05, 0) is 45.0 Å². The van der Waals surface area contributed by atoms with Crippen molar-refractivity contribution in [2.45, 2.75) is 26.3 Å². The Balaban J connectivity index is 0.00000264. The monoisotopic (exact) mass is 339 g/mol. The van der Waals surface area contributed by atoms with Crippen molar-refractivity contribution in [3.05, 3.63) is 35.7 Å². The predicted octanol–water partition coefficient (Wildman–Crippen LogP) is 1.47. The Bertz CT molecular complexity index is 667. The fraction of sp³-hybridized carbons (Fsp3) is 0.400. The van der Waals surface area contributed by atoms with Gasteiger partial charge in [-0.25, -0.2) is 4.68 Å². The van der Waals surface area contributed by atoms with Gasteiger partial charge in [0.2, 0.25) is 0 Å². The summed E-state index contributed by atoms with van der Waals surface area (Å²) in [5.74, 6) is 0.469. The lowest BCUT2D eigenvalue weighted by Crippen LogP contribution is -2.49. The summed E-state index contributed by atoms with van der Waals surface area (Å²) >= 11 is 0. The number of hydrogen-bond acceptors (Lipinski definition) is 5. The fourth-order valence-corrected chi connectivity index (χ4v) is 1.93. The summed E-state index contributed by atoms with van der Waals surface area (Å²) in [5, 5.41) is 10.9. The minimum atomic E-state index is -0.493. The van der Waals surface area contributed by atoms with Crippen LogP contribution in [0.25, 0.3) is 5.69 Å². The Morgan fingerprint density at radius 3 is 2.48 bits per heavy atom. The van der Waals surface area contributed by atoms with E-state index in [1.807, 2.05) is 38.1 Å². The first-order valence-electron chi connectivity index (χ1n) is 6.97. The average Bonchev–Trinajstić information content (AvgIpc) is 2.89. The molecule has 126 valence electrons. The maximum absolute atomic E-state index is 12.3. The number of nitrogens with zero attached hydrogens (tertiary/aromatic N) is 3. The second-order valence-corrected chi connectivity index (χ2v) is 5.68. The molecular formula is C15H22ClN5O2. The van der Waals surface area contributed by atoms with Gasteiger partial charge in [-0.2, -0.15) is 0 Å². The van der Waals surface area contributed by atoms with Crippen molar-refractivity contribution < 1.29 is 9.53 Å². The molecule has 0 spiro atoms. The number of hydrogen-bond donors (Lipinski definition) is 2. The van der Waals surface area contributed by atoms with E-state index in [2.05, 4.69) is 15.6 Å². The van der Waals surface area contributed by atoms with Crippen molar-refractivity contribution in [3.8, 4) is 11.4 Å². The van der Waals surface area contributed by atoms with Gasteiger partial charge in [-0.1, -0.05) is 5.21 Å². The second-order valence-electron chi connectivity index (χ2n) is 5.68. The number of amides is 1. The molecular weight excluding hydrogens is 318 g/mol. The summed E-state index contributed by atoms with van der Waals surface area (Å²) in [5.41, 5.74) is 6.89. The largest absolute Gasteiger partial charge is 0.497 e. The number of nitrogens with one attached hydrogen (secondary N) is 1. The van der Waals surface area contributed by atoms with Crippen molar-refractivity contribution in [3.63, 3.8) is 0 Å². The van der Waals surface area contributed by atoms with E-state index in [1.165, 1.54) is 0 Å². The number of carbonyl (C=O) groups is 1. The van der Waals surface area contributed by atoms with Crippen molar-refractivity contribution in [1.29, 1.82) is 0 Å². The minimum absolute atomic E-state index is 0. The molecule has 0 bridgehead atoms. The van der Waals surface area contributed by atoms with Crippen LogP contribution in [0.5, 0.6) is 5.75 Å². The van der Waals surface area contributed by atoms with Crippen molar-refractivity contribution in [2.24, 2.45) is 5.73 Å². The molecule has 0 aliphatic rings. The number of nitrogens with two attached hydrogens (primary N) is 1. The van der Waals surface area contributed by atoms with E-state index in [-0.39, 0.29) is 24.0 Å². The first-order chi connectivity index (χ1) is 10.4. The Hall–Kier alpha value is -2.12. The molecule has 0 aliphatic heterocycles. The van der Waals surface area contributed by atoms with Gasteiger partial charge in [0.1, 0.15) is 5.75 Å². The molecule has 0 radical (unpaired) electrons. The molecule has 0 saturated carbocycles. The molecule has 0 unspecified atom stereocenters. The zero-order valence-electron chi connectivity index (χ0n) is 13.7. The van der Waals surface area contributed by atoms with E-state index in [0.717, 1.165) is 11.4 Å². The summed E-state index contributed by atoms with van der Waals surface area (Å²) in [7, 11) is 1.61. The van der Waals surface area contributed by atoms with E-state index in [0.29, 0.717) is 12.2 Å². The molecule has 2 rings (SSSR count). The Morgan fingerprint density at radius 1 is 1.35 bits per heavy atom. The van der Waals surface area contributed by atoms with Crippen LogP contribution in [0.1, 0.15) is 30.0 Å². The van der Waals surface area contributed by atoms with Crippen LogP contribution in [0.2, 0.25) is 0 Å². The van der Waals surface area contributed by atoms with Crippen LogP contribution < -0.4 is 15.8 Å². The van der Waals surface area contributed by atoms with Gasteiger partial charge >= 0.3 is 0 Å². The summed E-state index contributed by atoms with van der Waals surface area (Å²) in [4.78, 5) is 12.3. The van der Waals surface area contributed by atoms with E-state index in [1.54, 1.807) is 18.7 Å². The fourth-order valence-electron chi connectivity index (χ4n) is 1.93. The normalized spacial score (nSPS) is 10.8. The van der Waals surface area contributed by atoms with Gasteiger partial charge in [0.15, 0.2) is 5.69 Å². The second kappa shape index (κ2) is 7.43. The maximum Gasteiger partial charge on any atom is 0.274 e. The molecule has 1 aromatic carbocycles. The minimum Gasteiger partial charge on any atom is -0.497 e. The molecule has 3 N–H and O–H groups in total. The maximum atomic E-state index is 12.3. The number of carbonyl (C=O) groups excluding carboxylic acids is 1. The third-order valence-electron chi connectivity index (χ3n) is 3.39. The zero-order valence-corrected chi connectivity index (χ0v) is 14.5. The van der Waals surface area contributed by atoms with Crippen LogP contribution in [-0.2, 0) is 0 Å². The van der Waals surface area contributed by atoms with Gasteiger partial charge in [0.05, 0.1) is 18.5 Å². The van der Waals surface area contributed by atoms with Gasteiger partial charge in [0, 0.05) is 12.1 Å². The molecule has 0 saturated heterocycles. The lowest BCUT2D eigenvalue weighted by molar-refractivity contribution is 0.0910. The number of benzene rings is 1. The number of halogens is 1. The Kier molecular flexibility index (Phi) is 6.12. The summed E-state index contributed by atoms with van der Waals surface area (Å²) in [6, 6.07) is 7.36. The topological polar surface area (TPSA) is 95.1 Å². The van der Waals surface area contributed by atoms with Crippen LogP contribution in [0.15, 0.2) is 24.3 Å².